The number of amides is 1. The second-order valence-corrected chi connectivity index (χ2v) is 7.71. The molecule has 2 rings (SSSR count). The Morgan fingerprint density at radius 1 is 1.28 bits per heavy atom. The molecule has 0 aliphatic carbocycles. The number of sulfonamides is 1. The molecule has 138 valence electrons. The molecule has 1 unspecified atom stereocenters. The van der Waals surface area contributed by atoms with Crippen molar-refractivity contribution in [1.29, 1.82) is 0 Å². The summed E-state index contributed by atoms with van der Waals surface area (Å²) in [6.07, 6.45) is 1.36. The number of nitrogens with zero attached hydrogens (tertiary/aromatic N) is 1. The van der Waals surface area contributed by atoms with Crippen LogP contribution in [0.3, 0.4) is 0 Å². The van der Waals surface area contributed by atoms with E-state index in [1.807, 2.05) is 6.92 Å². The fourth-order valence-electron chi connectivity index (χ4n) is 2.11. The Morgan fingerprint density at radius 3 is 2.36 bits per heavy atom. The van der Waals surface area contributed by atoms with Gasteiger partial charge in [0.25, 0.3) is 5.91 Å². The summed E-state index contributed by atoms with van der Waals surface area (Å²) >= 11 is 0. The van der Waals surface area contributed by atoms with Crippen LogP contribution in [0, 0.1) is 0 Å². The molecule has 0 saturated heterocycles. The number of hydrogen-bond acceptors (Lipinski definition) is 5. The number of hydrogen-bond donors (Lipinski definition) is 2. The van der Waals surface area contributed by atoms with E-state index >= 15 is 0 Å². The average Bonchev–Trinajstić information content (AvgIpc) is 3.04. The second kappa shape index (κ2) is 8.48. The molecule has 2 aromatic rings. The second-order valence-electron chi connectivity index (χ2n) is 5.56. The number of furan rings is 1. The van der Waals surface area contributed by atoms with Gasteiger partial charge in [-0.25, -0.2) is 12.7 Å². The van der Waals surface area contributed by atoms with Crippen molar-refractivity contribution in [2.75, 3.05) is 14.1 Å². The van der Waals surface area contributed by atoms with Gasteiger partial charge >= 0.3 is 0 Å². The van der Waals surface area contributed by atoms with E-state index in [0.29, 0.717) is 11.3 Å². The van der Waals surface area contributed by atoms with Crippen LogP contribution < -0.4 is 11.1 Å². The summed E-state index contributed by atoms with van der Waals surface area (Å²) in [4.78, 5) is 12.4. The first-order valence-corrected chi connectivity index (χ1v) is 8.80. The SMILES string of the molecule is CC(NC(=O)c1coc(CN)c1)c1ccc(S(=O)(=O)N(C)C)cc1.Cl. The Hall–Kier alpha value is -1.87. The van der Waals surface area contributed by atoms with E-state index < -0.39 is 10.0 Å². The molecule has 0 fully saturated rings. The summed E-state index contributed by atoms with van der Waals surface area (Å²) in [7, 11) is -0.506. The molecule has 1 aromatic carbocycles. The zero-order valence-electron chi connectivity index (χ0n) is 14.2. The summed E-state index contributed by atoms with van der Waals surface area (Å²) in [5.74, 6) is 0.252. The summed E-state index contributed by atoms with van der Waals surface area (Å²) in [6, 6.07) is 7.72. The van der Waals surface area contributed by atoms with E-state index in [1.165, 1.54) is 32.5 Å². The number of carbonyl (C=O) groups is 1. The standard InChI is InChI=1S/C16H21N3O4S.ClH/c1-11(18-16(20)13-8-14(9-17)23-10-13)12-4-6-15(7-5-12)24(21,22)19(2)3;/h4-8,10-11H,9,17H2,1-3H3,(H,18,20);1H. The van der Waals surface area contributed by atoms with Crippen molar-refractivity contribution in [3.63, 3.8) is 0 Å². The van der Waals surface area contributed by atoms with Crippen LogP contribution in [0.25, 0.3) is 0 Å². The lowest BCUT2D eigenvalue weighted by atomic mass is 10.1. The van der Waals surface area contributed by atoms with Crippen molar-refractivity contribution < 1.29 is 17.6 Å². The first-order valence-electron chi connectivity index (χ1n) is 7.36. The number of halogens is 1. The van der Waals surface area contributed by atoms with E-state index in [-0.39, 0.29) is 35.8 Å². The van der Waals surface area contributed by atoms with Gasteiger partial charge in [-0.2, -0.15) is 0 Å². The van der Waals surface area contributed by atoms with Crippen molar-refractivity contribution in [1.82, 2.24) is 9.62 Å². The maximum atomic E-state index is 12.2. The van der Waals surface area contributed by atoms with Crippen LogP contribution in [0.15, 0.2) is 45.9 Å². The van der Waals surface area contributed by atoms with Gasteiger partial charge in [0.15, 0.2) is 0 Å². The molecule has 1 aromatic heterocycles. The highest BCUT2D eigenvalue weighted by molar-refractivity contribution is 7.89. The van der Waals surface area contributed by atoms with Crippen LogP contribution in [0.2, 0.25) is 0 Å². The van der Waals surface area contributed by atoms with Gasteiger partial charge < -0.3 is 15.5 Å². The molecular weight excluding hydrogens is 366 g/mol. The van der Waals surface area contributed by atoms with Crippen molar-refractivity contribution in [2.45, 2.75) is 24.4 Å². The molecule has 1 heterocycles. The van der Waals surface area contributed by atoms with E-state index in [2.05, 4.69) is 5.32 Å². The predicted molar refractivity (Wildman–Crippen MR) is 97.0 cm³/mol. The predicted octanol–water partition coefficient (Wildman–Crippen LogP) is 1.90. The minimum absolute atomic E-state index is 0. The molecule has 0 aliphatic heterocycles. The lowest BCUT2D eigenvalue weighted by Crippen LogP contribution is -2.26. The molecule has 7 nitrogen and oxygen atoms in total. The van der Waals surface area contributed by atoms with Crippen LogP contribution in [0.5, 0.6) is 0 Å². The quantitative estimate of drug-likeness (QED) is 0.787. The fourth-order valence-corrected chi connectivity index (χ4v) is 3.01. The highest BCUT2D eigenvalue weighted by Crippen LogP contribution is 2.19. The molecule has 1 atom stereocenters. The van der Waals surface area contributed by atoms with E-state index in [1.54, 1.807) is 18.2 Å². The monoisotopic (exact) mass is 387 g/mol. The number of rotatable bonds is 6. The van der Waals surface area contributed by atoms with Gasteiger partial charge in [-0.15, -0.1) is 12.4 Å². The smallest absolute Gasteiger partial charge is 0.255 e. The molecule has 0 bridgehead atoms. The van der Waals surface area contributed by atoms with Gasteiger partial charge in [-0.05, 0) is 30.7 Å². The molecule has 25 heavy (non-hydrogen) atoms. The largest absolute Gasteiger partial charge is 0.467 e. The lowest BCUT2D eigenvalue weighted by Gasteiger charge is -2.15. The zero-order valence-corrected chi connectivity index (χ0v) is 15.9. The Bertz CT molecular complexity index is 816. The number of carbonyl (C=O) groups excluding carboxylic acids is 1. The third-order valence-electron chi connectivity index (χ3n) is 3.62. The number of nitrogens with two attached hydrogens (primary N) is 1. The van der Waals surface area contributed by atoms with E-state index in [4.69, 9.17) is 10.2 Å². The third kappa shape index (κ3) is 4.82. The van der Waals surface area contributed by atoms with E-state index in [0.717, 1.165) is 9.87 Å². The van der Waals surface area contributed by atoms with Crippen molar-refractivity contribution in [3.05, 3.63) is 53.5 Å². The van der Waals surface area contributed by atoms with Crippen LogP contribution in [-0.4, -0.2) is 32.7 Å². The molecule has 1 amide bonds. The lowest BCUT2D eigenvalue weighted by molar-refractivity contribution is 0.0939. The number of nitrogens with one attached hydrogen (secondary N) is 1. The normalized spacial score (nSPS) is 12.5. The van der Waals surface area contributed by atoms with Crippen LogP contribution in [0.4, 0.5) is 0 Å². The summed E-state index contributed by atoms with van der Waals surface area (Å²) in [6.45, 7) is 2.04. The third-order valence-corrected chi connectivity index (χ3v) is 5.45. The maximum absolute atomic E-state index is 12.2. The summed E-state index contributed by atoms with van der Waals surface area (Å²) < 4.78 is 30.4. The van der Waals surface area contributed by atoms with Gasteiger partial charge in [-0.3, -0.25) is 4.79 Å². The van der Waals surface area contributed by atoms with Gasteiger partial charge in [0, 0.05) is 14.1 Å². The zero-order chi connectivity index (χ0) is 17.9. The van der Waals surface area contributed by atoms with Gasteiger partial charge in [0.2, 0.25) is 10.0 Å². The average molecular weight is 388 g/mol. The Kier molecular flexibility index (Phi) is 7.18. The molecule has 3 N–H and O–H groups in total. The van der Waals surface area contributed by atoms with Crippen LogP contribution >= 0.6 is 12.4 Å². The summed E-state index contributed by atoms with van der Waals surface area (Å²) in [5, 5.41) is 2.83. The minimum Gasteiger partial charge on any atom is -0.467 e. The Balaban J connectivity index is 0.00000312. The topological polar surface area (TPSA) is 106 Å². The Morgan fingerprint density at radius 2 is 1.88 bits per heavy atom. The molecule has 0 spiro atoms. The maximum Gasteiger partial charge on any atom is 0.255 e. The first kappa shape index (κ1) is 21.2. The van der Waals surface area contributed by atoms with Gasteiger partial charge in [0.1, 0.15) is 12.0 Å². The van der Waals surface area contributed by atoms with Crippen molar-refractivity contribution in [2.24, 2.45) is 5.73 Å². The fraction of sp³-hybridized carbons (Fsp3) is 0.312. The highest BCUT2D eigenvalue weighted by Gasteiger charge is 2.18. The number of benzene rings is 1. The molecule has 0 radical (unpaired) electrons. The van der Waals surface area contributed by atoms with E-state index in [9.17, 15) is 13.2 Å². The minimum atomic E-state index is -3.46. The van der Waals surface area contributed by atoms with Crippen molar-refractivity contribution in [3.8, 4) is 0 Å². The van der Waals surface area contributed by atoms with Crippen LogP contribution in [-0.2, 0) is 16.6 Å². The highest BCUT2D eigenvalue weighted by atomic mass is 35.5. The summed E-state index contributed by atoms with van der Waals surface area (Å²) in [5.41, 5.74) is 6.64. The molecule has 0 saturated carbocycles. The molecule has 9 heteroatoms. The van der Waals surface area contributed by atoms with Gasteiger partial charge in [-0.1, -0.05) is 12.1 Å². The van der Waals surface area contributed by atoms with Crippen molar-refractivity contribution >= 4 is 28.3 Å². The van der Waals surface area contributed by atoms with Gasteiger partial charge in [0.05, 0.1) is 23.0 Å². The Labute approximate surface area is 153 Å². The van der Waals surface area contributed by atoms with Crippen LogP contribution in [0.1, 0.15) is 34.6 Å². The molecule has 0 aliphatic rings. The first-order chi connectivity index (χ1) is 11.3. The molecular formula is C16H22ClN3O4S.